The van der Waals surface area contributed by atoms with E-state index < -0.39 is 234 Å². The number of nitrogens with zero attached hydrogens (tertiary/aromatic N) is 1. The second kappa shape index (κ2) is 57.5. The minimum absolute atomic E-state index is 0.00136. The van der Waals surface area contributed by atoms with Crippen LogP contribution in [0.4, 0.5) is 0 Å². The lowest BCUT2D eigenvalue weighted by Gasteiger charge is -2.35. The van der Waals surface area contributed by atoms with Crippen molar-refractivity contribution < 1.29 is 91.4 Å². The van der Waals surface area contributed by atoms with Gasteiger partial charge in [0.2, 0.25) is 94.5 Å². The highest BCUT2D eigenvalue weighted by Gasteiger charge is 2.44. The van der Waals surface area contributed by atoms with Gasteiger partial charge < -0.3 is 124 Å². The monoisotopic (exact) mass is 1930 g/mol. The highest BCUT2D eigenvalue weighted by molar-refractivity contribution is 7.98. The van der Waals surface area contributed by atoms with Crippen molar-refractivity contribution >= 4 is 135 Å². The predicted octanol–water partition coefficient (Wildman–Crippen LogP) is -0.311. The molecule has 5 aromatic rings. The molecule has 0 radical (unpaired) electrons. The number of aromatic nitrogens is 3. The van der Waals surface area contributed by atoms with Crippen molar-refractivity contribution in [2.24, 2.45) is 46.2 Å². The van der Waals surface area contributed by atoms with E-state index in [1.165, 1.54) is 31.2 Å². The molecule has 0 saturated carbocycles. The van der Waals surface area contributed by atoms with Crippen LogP contribution in [0.2, 0.25) is 0 Å². The number of thioether (sulfide) groups is 1. The number of hydrogen-bond acceptors (Lipinski definition) is 23. The van der Waals surface area contributed by atoms with Crippen LogP contribution in [-0.4, -0.2) is 241 Å². The first-order chi connectivity index (χ1) is 65.0. The summed E-state index contributed by atoms with van der Waals surface area (Å²) in [6, 6.07) is 4.06. The lowest BCUT2D eigenvalue weighted by molar-refractivity contribution is -0.140. The summed E-state index contributed by atoms with van der Waals surface area (Å²) in [5, 5.41) is 55.5. The number of ketones is 1. The average Bonchev–Trinajstić information content (AvgIpc) is 1.77. The molecule has 0 fully saturated rings. The van der Waals surface area contributed by atoms with E-state index in [1.54, 1.807) is 122 Å². The third-order valence-corrected chi connectivity index (χ3v) is 24.5. The van der Waals surface area contributed by atoms with Crippen molar-refractivity contribution in [3.8, 4) is 0 Å². The van der Waals surface area contributed by atoms with Gasteiger partial charge >= 0.3 is 5.97 Å². The van der Waals surface area contributed by atoms with Gasteiger partial charge in [-0.05, 0) is 151 Å². The SMILES string of the molecule is CC[C@H](C)[C@H](NC(=O)[C@H](CCC(=O)O)NC(=O)C(CC)(CC)NC(=O)[C@H](Cc1ccc(C(=O)c2ccccc2)cc1)NC(=O)C(N)(CC)CC)C(=O)N[C@@H](CCC(N)=O)C(=O)N[C@@H](CC(C)C)C(=O)N[C@@H](CCSC)C(=O)N[C@@H](Cc1c[nH]cn1)C(=O)N[C@@H](CCC(N)=O)C(=O)N[C@@H](CCCCNC(=N)N)C(=O)N[C@@H](C)C(=O)N[C@@H](CCCCN)C(=O)N[C@@H](Cc1c[nH]c2ccccc12)C(N)=O. The molecule has 30 N–H and O–H groups in total. The van der Waals surface area contributed by atoms with E-state index in [-0.39, 0.29) is 126 Å². The number of carboxylic acids is 1. The zero-order chi connectivity index (χ0) is 102. The average molecular weight is 1930 g/mol. The van der Waals surface area contributed by atoms with Gasteiger partial charge in [-0.3, -0.25) is 91.7 Å². The van der Waals surface area contributed by atoms with Crippen LogP contribution in [0.3, 0.4) is 0 Å². The Hall–Kier alpha value is -13.4. The molecule has 0 bridgehead atoms. The second-order valence-corrected chi connectivity index (χ2v) is 35.6. The van der Waals surface area contributed by atoms with Crippen LogP contribution in [0.1, 0.15) is 217 Å². The van der Waals surface area contributed by atoms with Crippen LogP contribution < -0.4 is 109 Å². The lowest BCUT2D eigenvalue weighted by Crippen LogP contribution is -2.66. The fraction of sp³-hybridized carbons (Fsp3) is 0.548. The van der Waals surface area contributed by atoms with Crippen molar-refractivity contribution in [2.45, 2.75) is 287 Å². The van der Waals surface area contributed by atoms with E-state index in [4.69, 9.17) is 39.8 Å². The molecule has 16 amide bonds. The van der Waals surface area contributed by atoms with E-state index in [1.807, 2.05) is 24.3 Å². The van der Waals surface area contributed by atoms with Crippen molar-refractivity contribution in [3.05, 3.63) is 126 Å². The summed E-state index contributed by atoms with van der Waals surface area (Å²) in [5.41, 5.74) is 34.5. The Morgan fingerprint density at radius 1 is 0.474 bits per heavy atom. The van der Waals surface area contributed by atoms with Crippen LogP contribution in [-0.2, 0) is 101 Å². The Morgan fingerprint density at radius 3 is 1.47 bits per heavy atom. The Balaban J connectivity index is 1.38. The molecule has 0 aliphatic carbocycles. The van der Waals surface area contributed by atoms with Crippen molar-refractivity contribution in [2.75, 3.05) is 25.1 Å². The minimum Gasteiger partial charge on any atom is -0.481 e. The Kier molecular flexibility index (Phi) is 47.9. The van der Waals surface area contributed by atoms with Crippen LogP contribution in [0, 0.1) is 17.2 Å². The highest BCUT2D eigenvalue weighted by atomic mass is 32.2. The predicted molar refractivity (Wildman–Crippen MR) is 514 cm³/mol. The highest BCUT2D eigenvalue weighted by Crippen LogP contribution is 2.24. The number of aliphatic carboxylic acids is 1. The summed E-state index contributed by atoms with van der Waals surface area (Å²) in [7, 11) is 0. The number of aromatic amines is 2. The van der Waals surface area contributed by atoms with Crippen molar-refractivity contribution in [3.63, 3.8) is 0 Å². The van der Waals surface area contributed by atoms with Gasteiger partial charge in [-0.2, -0.15) is 11.8 Å². The van der Waals surface area contributed by atoms with E-state index in [2.05, 4.69) is 89.4 Å². The molecule has 3 aromatic carbocycles. The molecule has 44 heteroatoms. The Labute approximate surface area is 801 Å². The number of benzene rings is 3. The molecule has 43 nitrogen and oxygen atoms in total. The third-order valence-electron chi connectivity index (χ3n) is 23.9. The molecule has 2 heterocycles. The molecule has 0 spiro atoms. The fourth-order valence-electron chi connectivity index (χ4n) is 15.0. The summed E-state index contributed by atoms with van der Waals surface area (Å²) in [6.45, 7) is 14.9. The lowest BCUT2D eigenvalue weighted by atomic mass is 9.89. The first kappa shape index (κ1) is 114. The van der Waals surface area contributed by atoms with E-state index in [9.17, 15) is 91.4 Å². The molecule has 0 aliphatic rings. The Bertz CT molecular complexity index is 4910. The molecule has 0 aliphatic heterocycles. The number of primary amides is 3. The first-order valence-electron chi connectivity index (χ1n) is 46.3. The molecule has 0 unspecified atom stereocenters. The maximum Gasteiger partial charge on any atom is 0.303 e. The normalized spacial score (nSPS) is 14.3. The molecule has 0 saturated heterocycles. The molecule has 2 aromatic heterocycles. The smallest absolute Gasteiger partial charge is 0.303 e. The van der Waals surface area contributed by atoms with Gasteiger partial charge in [-0.15, -0.1) is 0 Å². The summed E-state index contributed by atoms with van der Waals surface area (Å²) < 4.78 is 0. The number of nitrogens with two attached hydrogens (primary N) is 6. The quantitative estimate of drug-likeness (QED) is 0.0103. The van der Waals surface area contributed by atoms with Crippen LogP contribution in [0.5, 0.6) is 0 Å². The molecule has 5 rings (SSSR count). The number of fused-ring (bicyclic) bond motifs is 1. The number of H-pyrrole nitrogens is 2. The first-order valence-corrected chi connectivity index (χ1v) is 47.7. The van der Waals surface area contributed by atoms with Gasteiger partial charge in [0.15, 0.2) is 11.7 Å². The van der Waals surface area contributed by atoms with E-state index in [0.717, 1.165) is 10.9 Å². The van der Waals surface area contributed by atoms with E-state index in [0.29, 0.717) is 35.1 Å². The number of amides is 16. The number of para-hydroxylation sites is 1. The standard InChI is InChI=1S/C93H140N24O19S/c1-11-53(8)75(116-84(130)66(37-40-74(120)121)114-90(136)93(14-4,15-5)117-87(133)70(115-89(135)92(100,12-2)13-3)46-55-31-33-57(34-32-55)76(122)56-25-17-16-18-26-56)88(134)110-65(36-39-73(96)119)82(128)112-69(45-52(6)7)85(131)109-67(41-44-137-10)83(129)113-71(48-59-50-101-51-104-59)86(132)108-64(35-38-72(95)118)81(127)107-62(30-22-24-43-102-91(98)99)79(125)105-54(9)78(124)106-63(29-21-23-42-94)80(126)111-68(77(97)123)47-58-49-103-61-28-20-19-27-60(58)61/h16-20,25-28,31-34,49-54,62-71,75,103H,11-15,21-24,29-30,35-48,94,100H2,1-10H3,(H2,95,118)(H2,96,119)(H2,97,123)(H,101,104)(H,105,125)(H,106,124)(H,107,127)(H,108,132)(H,109,131)(H,110,134)(H,111,126)(H,112,128)(H,113,129)(H,114,136)(H,115,135)(H,116,130)(H,117,133)(H,120,121)(H4,98,99,102)/t53-,54-,62-,63-,64-,65-,66-,67-,68-,69-,70-,71-,75-/m0/s1. The maximum absolute atomic E-state index is 14.9. The summed E-state index contributed by atoms with van der Waals surface area (Å²) in [4.78, 5) is 264. The number of carbonyl (C=O) groups excluding carboxylic acids is 17. The summed E-state index contributed by atoms with van der Waals surface area (Å²) >= 11 is 1.27. The van der Waals surface area contributed by atoms with Gasteiger partial charge in [0.25, 0.3) is 0 Å². The topological polar surface area (TPSA) is 720 Å². The molecule has 752 valence electrons. The second-order valence-electron chi connectivity index (χ2n) is 34.6. The van der Waals surface area contributed by atoms with Crippen molar-refractivity contribution in [1.82, 2.24) is 89.4 Å². The number of unbranched alkanes of at least 4 members (excludes halogenated alkanes) is 2. The van der Waals surface area contributed by atoms with Gasteiger partial charge in [0, 0.05) is 79.5 Å². The van der Waals surface area contributed by atoms with Crippen LogP contribution >= 0.6 is 11.8 Å². The fourth-order valence-corrected chi connectivity index (χ4v) is 15.4. The maximum atomic E-state index is 14.9. The van der Waals surface area contributed by atoms with Crippen LogP contribution in [0.25, 0.3) is 10.9 Å². The zero-order valence-corrected chi connectivity index (χ0v) is 80.4. The zero-order valence-electron chi connectivity index (χ0n) is 79.6. The van der Waals surface area contributed by atoms with Gasteiger partial charge in [0.05, 0.1) is 17.6 Å². The van der Waals surface area contributed by atoms with Crippen molar-refractivity contribution in [1.29, 1.82) is 5.41 Å². The number of nitrogens with one attached hydrogen (secondary N) is 17. The minimum atomic E-state index is -1.85. The number of rotatable bonds is 64. The largest absolute Gasteiger partial charge is 0.481 e. The van der Waals surface area contributed by atoms with Gasteiger partial charge in [-0.25, -0.2) is 4.98 Å². The molecular formula is C93H140N24O19S. The molecule has 13 atom stereocenters. The van der Waals surface area contributed by atoms with E-state index >= 15 is 0 Å². The third kappa shape index (κ3) is 37.3. The number of carboxylic acid groups (broad SMARTS) is 1. The number of imidazole rings is 1. The number of hydrogen-bond donors (Lipinski definition) is 24. The summed E-state index contributed by atoms with van der Waals surface area (Å²) in [5.74, 6) is -17.8. The Morgan fingerprint density at radius 2 is 0.949 bits per heavy atom. The molecule has 137 heavy (non-hydrogen) atoms. The summed E-state index contributed by atoms with van der Waals surface area (Å²) in [6.07, 6.45) is 3.46. The van der Waals surface area contributed by atoms with Crippen LogP contribution in [0.15, 0.2) is 97.6 Å². The van der Waals surface area contributed by atoms with Gasteiger partial charge in [-0.1, -0.05) is 135 Å². The van der Waals surface area contributed by atoms with Gasteiger partial charge in [0.1, 0.15) is 78.0 Å². The number of guanidine groups is 1. The number of carbonyl (C=O) groups is 18. The molecular weight excluding hydrogens is 1790 g/mol.